The third-order valence-electron chi connectivity index (χ3n) is 4.63. The molecule has 2 amide bonds. The zero-order valence-corrected chi connectivity index (χ0v) is 17.7. The summed E-state index contributed by atoms with van der Waals surface area (Å²) in [5, 5.41) is 5.34. The predicted molar refractivity (Wildman–Crippen MR) is 112 cm³/mol. The Morgan fingerprint density at radius 1 is 1.00 bits per heavy atom. The number of hydrogen-bond acceptors (Lipinski definition) is 6. The second-order valence-corrected chi connectivity index (χ2v) is 8.15. The van der Waals surface area contributed by atoms with Gasteiger partial charge in [0.2, 0.25) is 5.95 Å². The lowest BCUT2D eigenvalue weighted by atomic mass is 10.2. The smallest absolute Gasteiger partial charge is 0.338 e. The average molecular weight is 440 g/mol. The van der Waals surface area contributed by atoms with Crippen LogP contribution in [0.5, 0.6) is 0 Å². The molecular formula is C19H23F3N6OS. The van der Waals surface area contributed by atoms with Gasteiger partial charge >= 0.3 is 11.5 Å². The van der Waals surface area contributed by atoms with E-state index in [9.17, 15) is 18.0 Å². The molecule has 2 aromatic rings. The fourth-order valence-corrected chi connectivity index (χ4v) is 3.58. The average Bonchev–Trinajstić information content (AvgIpc) is 2.65. The largest absolute Gasteiger partial charge is 0.446 e. The maximum atomic E-state index is 12.4. The van der Waals surface area contributed by atoms with Crippen LogP contribution in [0.3, 0.4) is 0 Å². The highest BCUT2D eigenvalue weighted by Crippen LogP contribution is 2.37. The summed E-state index contributed by atoms with van der Waals surface area (Å²) in [5.41, 5.74) is -2.18. The van der Waals surface area contributed by atoms with Crippen molar-refractivity contribution in [3.8, 4) is 0 Å². The summed E-state index contributed by atoms with van der Waals surface area (Å²) < 4.78 is 37.2. The third-order valence-corrected chi connectivity index (χ3v) is 5.37. The van der Waals surface area contributed by atoms with E-state index in [1.54, 1.807) is 13.8 Å². The van der Waals surface area contributed by atoms with E-state index in [2.05, 4.69) is 37.4 Å². The number of halogens is 3. The Bertz CT molecular complexity index is 875. The Kier molecular flexibility index (Phi) is 6.71. The van der Waals surface area contributed by atoms with Gasteiger partial charge in [-0.2, -0.15) is 13.2 Å². The predicted octanol–water partition coefficient (Wildman–Crippen LogP) is 4.10. The summed E-state index contributed by atoms with van der Waals surface area (Å²) in [5.74, 6) is 0.641. The number of carbonyl (C=O) groups is 1. The van der Waals surface area contributed by atoms with Gasteiger partial charge in [-0.05, 0) is 56.9 Å². The number of carbonyl (C=O) groups excluding carboxylic acids is 1. The van der Waals surface area contributed by atoms with Crippen molar-refractivity contribution in [2.24, 2.45) is 0 Å². The van der Waals surface area contributed by atoms with Gasteiger partial charge in [0.15, 0.2) is 0 Å². The number of benzene rings is 1. The summed E-state index contributed by atoms with van der Waals surface area (Å²) in [6.07, 6.45) is 0. The molecule has 1 aromatic heterocycles. The molecule has 11 heteroatoms. The number of aryl methyl sites for hydroxylation is 2. The summed E-state index contributed by atoms with van der Waals surface area (Å²) >= 11 is -0.204. The molecule has 0 atom stereocenters. The van der Waals surface area contributed by atoms with Crippen molar-refractivity contribution in [2.45, 2.75) is 24.3 Å². The van der Waals surface area contributed by atoms with E-state index >= 15 is 0 Å². The molecule has 1 aliphatic heterocycles. The first kappa shape index (κ1) is 22.2. The highest BCUT2D eigenvalue weighted by Gasteiger charge is 2.29. The van der Waals surface area contributed by atoms with Crippen molar-refractivity contribution in [3.63, 3.8) is 0 Å². The normalized spacial score (nSPS) is 15.2. The number of aromatic nitrogens is 2. The summed E-state index contributed by atoms with van der Waals surface area (Å²) in [4.78, 5) is 25.8. The Morgan fingerprint density at radius 2 is 1.57 bits per heavy atom. The number of thioether (sulfide) groups is 1. The number of nitrogens with one attached hydrogen (secondary N) is 2. The Labute approximate surface area is 177 Å². The van der Waals surface area contributed by atoms with Crippen molar-refractivity contribution in [3.05, 3.63) is 35.7 Å². The van der Waals surface area contributed by atoms with Crippen molar-refractivity contribution in [1.82, 2.24) is 14.9 Å². The fraction of sp³-hybridized carbons (Fsp3) is 0.421. The number of urea groups is 1. The van der Waals surface area contributed by atoms with Crippen molar-refractivity contribution >= 4 is 35.1 Å². The van der Waals surface area contributed by atoms with Crippen LogP contribution in [0, 0.1) is 13.8 Å². The van der Waals surface area contributed by atoms with Crippen LogP contribution in [0.25, 0.3) is 0 Å². The molecule has 1 fully saturated rings. The Morgan fingerprint density at radius 3 is 2.10 bits per heavy atom. The monoisotopic (exact) mass is 440 g/mol. The van der Waals surface area contributed by atoms with Crippen LogP contribution in [0.15, 0.2) is 29.2 Å². The number of rotatable bonds is 4. The molecule has 0 radical (unpaired) electrons. The lowest BCUT2D eigenvalue weighted by molar-refractivity contribution is -0.0328. The quantitative estimate of drug-likeness (QED) is 0.698. The topological polar surface area (TPSA) is 73.4 Å². The number of amides is 2. The minimum absolute atomic E-state index is 0.0491. The number of alkyl halides is 3. The zero-order valence-electron chi connectivity index (χ0n) is 16.9. The lowest BCUT2D eigenvalue weighted by Gasteiger charge is -2.32. The van der Waals surface area contributed by atoms with Gasteiger partial charge in [-0.15, -0.1) is 0 Å². The minimum atomic E-state index is -4.35. The molecule has 0 spiro atoms. The van der Waals surface area contributed by atoms with Gasteiger partial charge in [-0.25, -0.2) is 14.8 Å². The molecule has 0 aliphatic carbocycles. The molecule has 3 rings (SSSR count). The molecule has 1 aliphatic rings. The number of likely N-dealkylation sites (N-methyl/N-ethyl adjacent to an activating group) is 1. The summed E-state index contributed by atoms with van der Waals surface area (Å²) in [7, 11) is 2.07. The van der Waals surface area contributed by atoms with E-state index in [0.717, 1.165) is 26.2 Å². The molecule has 1 saturated heterocycles. The van der Waals surface area contributed by atoms with Gasteiger partial charge in [-0.3, -0.25) is 0 Å². The van der Waals surface area contributed by atoms with Crippen molar-refractivity contribution in [2.75, 3.05) is 48.8 Å². The molecule has 162 valence electrons. The van der Waals surface area contributed by atoms with Crippen LogP contribution in [-0.2, 0) is 0 Å². The first-order valence-corrected chi connectivity index (χ1v) is 10.1. The number of anilines is 3. The van der Waals surface area contributed by atoms with Crippen LogP contribution >= 0.6 is 11.8 Å². The standard InChI is InChI=1S/C19H23F3N6OS/c1-12-16(13(2)24-17(23-12)28-10-8-27(3)9-11-28)26-18(29)25-14-4-6-15(7-5-14)30-19(20,21)22/h4-7H,8-11H2,1-3H3,(H2,25,26,29). The van der Waals surface area contributed by atoms with Gasteiger partial charge in [0.25, 0.3) is 0 Å². The molecule has 0 unspecified atom stereocenters. The van der Waals surface area contributed by atoms with Crippen molar-refractivity contribution in [1.29, 1.82) is 0 Å². The Hall–Kier alpha value is -2.53. The van der Waals surface area contributed by atoms with E-state index in [1.807, 2.05) is 0 Å². The summed E-state index contributed by atoms with van der Waals surface area (Å²) in [6, 6.07) is 4.92. The molecule has 0 saturated carbocycles. The van der Waals surface area contributed by atoms with E-state index in [1.165, 1.54) is 24.3 Å². The molecule has 7 nitrogen and oxygen atoms in total. The fourth-order valence-electron chi connectivity index (χ4n) is 3.04. The molecule has 30 heavy (non-hydrogen) atoms. The van der Waals surface area contributed by atoms with Gasteiger partial charge in [0.05, 0.1) is 17.1 Å². The maximum absolute atomic E-state index is 12.4. The van der Waals surface area contributed by atoms with Crippen LogP contribution < -0.4 is 15.5 Å². The number of piperazine rings is 1. The first-order valence-electron chi connectivity index (χ1n) is 9.33. The molecule has 1 aromatic carbocycles. The van der Waals surface area contributed by atoms with E-state index in [4.69, 9.17) is 0 Å². The van der Waals surface area contributed by atoms with Gasteiger partial charge in [-0.1, -0.05) is 0 Å². The second-order valence-electron chi connectivity index (χ2n) is 7.01. The van der Waals surface area contributed by atoms with Crippen LogP contribution in [0.4, 0.5) is 35.3 Å². The van der Waals surface area contributed by atoms with E-state index in [0.29, 0.717) is 28.7 Å². The highest BCUT2D eigenvalue weighted by molar-refractivity contribution is 8.00. The molecule has 2 N–H and O–H groups in total. The zero-order chi connectivity index (χ0) is 21.9. The van der Waals surface area contributed by atoms with Gasteiger partial charge in [0, 0.05) is 36.8 Å². The maximum Gasteiger partial charge on any atom is 0.446 e. The highest BCUT2D eigenvalue weighted by atomic mass is 32.2. The van der Waals surface area contributed by atoms with Crippen LogP contribution in [0.2, 0.25) is 0 Å². The van der Waals surface area contributed by atoms with E-state index < -0.39 is 11.5 Å². The SMILES string of the molecule is Cc1nc(N2CCN(C)CC2)nc(C)c1NC(=O)Nc1ccc(SC(F)(F)F)cc1. The molecular weight excluding hydrogens is 417 g/mol. The lowest BCUT2D eigenvalue weighted by Crippen LogP contribution is -2.45. The summed E-state index contributed by atoms with van der Waals surface area (Å²) in [6.45, 7) is 7.14. The number of nitrogens with zero attached hydrogens (tertiary/aromatic N) is 4. The van der Waals surface area contributed by atoms with Crippen LogP contribution in [-0.4, -0.2) is 59.6 Å². The van der Waals surface area contributed by atoms with Gasteiger partial charge in [0.1, 0.15) is 0 Å². The first-order chi connectivity index (χ1) is 14.1. The third kappa shape index (κ3) is 5.99. The van der Waals surface area contributed by atoms with E-state index in [-0.39, 0.29) is 16.7 Å². The minimum Gasteiger partial charge on any atom is -0.338 e. The second kappa shape index (κ2) is 9.09. The van der Waals surface area contributed by atoms with Crippen molar-refractivity contribution < 1.29 is 18.0 Å². The Balaban J connectivity index is 1.63. The number of hydrogen-bond donors (Lipinski definition) is 2. The van der Waals surface area contributed by atoms with Crippen LogP contribution in [0.1, 0.15) is 11.4 Å². The van der Waals surface area contributed by atoms with Gasteiger partial charge < -0.3 is 20.4 Å². The molecule has 2 heterocycles. The molecule has 0 bridgehead atoms.